The highest BCUT2D eigenvalue weighted by Crippen LogP contribution is 2.34. The molecule has 0 spiro atoms. The molecule has 0 bridgehead atoms. The van der Waals surface area contributed by atoms with Gasteiger partial charge in [-0.1, -0.05) is 30.3 Å². The first kappa shape index (κ1) is 20.7. The van der Waals surface area contributed by atoms with E-state index in [4.69, 9.17) is 15.7 Å². The molecule has 0 atom stereocenters. The number of nitrogens with zero attached hydrogens (tertiary/aromatic N) is 6. The third kappa shape index (κ3) is 3.99. The number of hydrogen-bond donors (Lipinski definition) is 3. The second kappa shape index (κ2) is 8.49. The third-order valence-corrected chi connectivity index (χ3v) is 6.58. The maximum atomic E-state index is 6.15. The van der Waals surface area contributed by atoms with Crippen LogP contribution in [0.1, 0.15) is 37.1 Å². The molecular weight excluding hydrogens is 426 g/mol. The van der Waals surface area contributed by atoms with E-state index in [9.17, 15) is 0 Å². The third-order valence-electron chi connectivity index (χ3n) is 6.58. The molecule has 3 heterocycles. The number of hydrogen-bond acceptors (Lipinski definition) is 7. The first-order valence-electron chi connectivity index (χ1n) is 11.7. The Labute approximate surface area is 196 Å². The highest BCUT2D eigenvalue weighted by molar-refractivity contribution is 6.12. The van der Waals surface area contributed by atoms with Gasteiger partial charge in [-0.05, 0) is 54.7 Å². The van der Waals surface area contributed by atoms with Gasteiger partial charge in [0.05, 0.1) is 12.4 Å². The predicted molar refractivity (Wildman–Crippen MR) is 132 cm³/mol. The number of aryl methyl sites for hydroxylation is 1. The maximum Gasteiger partial charge on any atom is 0.204 e. The fourth-order valence-corrected chi connectivity index (χ4v) is 4.80. The van der Waals surface area contributed by atoms with Gasteiger partial charge in [0.25, 0.3) is 0 Å². The number of rotatable bonds is 5. The van der Waals surface area contributed by atoms with E-state index in [1.54, 1.807) is 7.05 Å². The van der Waals surface area contributed by atoms with E-state index in [2.05, 4.69) is 43.9 Å². The van der Waals surface area contributed by atoms with Gasteiger partial charge in [-0.2, -0.15) is 4.80 Å². The maximum absolute atomic E-state index is 6.15. The van der Waals surface area contributed by atoms with Gasteiger partial charge in [-0.25, -0.2) is 9.97 Å². The van der Waals surface area contributed by atoms with E-state index in [-0.39, 0.29) is 0 Å². The molecule has 2 aromatic carbocycles. The summed E-state index contributed by atoms with van der Waals surface area (Å²) in [4.78, 5) is 14.9. The Balaban J connectivity index is 1.46. The Bertz CT molecular complexity index is 1450. The number of aromatic nitrogens is 7. The second-order valence-electron chi connectivity index (χ2n) is 9.12. The molecule has 6 rings (SSSR count). The summed E-state index contributed by atoms with van der Waals surface area (Å²) in [5.74, 6) is 2.25. The fraction of sp³-hybridized carbons (Fsp3) is 0.320. The first-order valence-corrected chi connectivity index (χ1v) is 11.7. The van der Waals surface area contributed by atoms with E-state index in [1.807, 2.05) is 30.3 Å². The lowest BCUT2D eigenvalue weighted by molar-refractivity contribution is 0.410. The van der Waals surface area contributed by atoms with E-state index in [0.29, 0.717) is 24.3 Å². The molecule has 4 N–H and O–H groups in total. The molecule has 172 valence electrons. The van der Waals surface area contributed by atoms with Gasteiger partial charge in [0.1, 0.15) is 17.3 Å². The lowest BCUT2D eigenvalue weighted by Gasteiger charge is -2.27. The van der Waals surface area contributed by atoms with Crippen LogP contribution >= 0.6 is 0 Å². The molecule has 1 aliphatic carbocycles. The molecule has 5 aromatic rings. The minimum Gasteiger partial charge on any atom is -0.367 e. The smallest absolute Gasteiger partial charge is 0.204 e. The summed E-state index contributed by atoms with van der Waals surface area (Å²) in [5.41, 5.74) is 10.1. The number of H-pyrrole nitrogens is 1. The largest absolute Gasteiger partial charge is 0.367 e. The van der Waals surface area contributed by atoms with Gasteiger partial charge in [0.15, 0.2) is 0 Å². The molecule has 0 radical (unpaired) electrons. The summed E-state index contributed by atoms with van der Waals surface area (Å²) in [5, 5.41) is 18.3. The zero-order valence-corrected chi connectivity index (χ0v) is 19.1. The van der Waals surface area contributed by atoms with Crippen LogP contribution in [0.15, 0.2) is 48.5 Å². The highest BCUT2D eigenvalue weighted by Gasteiger charge is 2.22. The average Bonchev–Trinajstić information content (AvgIpc) is 3.44. The molecule has 1 saturated carbocycles. The molecule has 9 nitrogen and oxygen atoms in total. The van der Waals surface area contributed by atoms with Crippen LogP contribution in [0.25, 0.3) is 33.3 Å². The summed E-state index contributed by atoms with van der Waals surface area (Å²) < 4.78 is 0. The van der Waals surface area contributed by atoms with Crippen molar-refractivity contribution in [3.05, 3.63) is 59.9 Å². The van der Waals surface area contributed by atoms with Crippen molar-refractivity contribution in [2.75, 3.05) is 5.32 Å². The molecule has 1 aliphatic rings. The number of benzene rings is 2. The fourth-order valence-electron chi connectivity index (χ4n) is 4.80. The van der Waals surface area contributed by atoms with Crippen molar-refractivity contribution in [1.29, 1.82) is 0 Å². The van der Waals surface area contributed by atoms with Crippen molar-refractivity contribution in [1.82, 2.24) is 35.2 Å². The van der Waals surface area contributed by atoms with Crippen LogP contribution in [0.4, 0.5) is 5.82 Å². The van der Waals surface area contributed by atoms with E-state index in [0.717, 1.165) is 64.8 Å². The molecule has 0 aliphatic heterocycles. The van der Waals surface area contributed by atoms with Crippen molar-refractivity contribution < 1.29 is 0 Å². The zero-order chi connectivity index (χ0) is 23.1. The Morgan fingerprint density at radius 2 is 1.88 bits per heavy atom. The SMILES string of the molecule is Cn1nnc(-c2ccc3[nH]c4nc(Cc5ccccc5)nc(NC5CCC(N)CC5)c4c3c2)n1. The monoisotopic (exact) mass is 453 g/mol. The Hall–Kier alpha value is -3.85. The van der Waals surface area contributed by atoms with Crippen LogP contribution in [0.2, 0.25) is 0 Å². The normalized spacial score (nSPS) is 18.5. The van der Waals surface area contributed by atoms with Crippen LogP contribution in [0, 0.1) is 0 Å². The van der Waals surface area contributed by atoms with Gasteiger partial charge in [-0.3, -0.25) is 0 Å². The number of nitrogens with two attached hydrogens (primary N) is 1. The van der Waals surface area contributed by atoms with Crippen LogP contribution < -0.4 is 11.1 Å². The quantitative estimate of drug-likeness (QED) is 0.372. The molecule has 3 aromatic heterocycles. The lowest BCUT2D eigenvalue weighted by Crippen LogP contribution is -2.33. The van der Waals surface area contributed by atoms with Gasteiger partial charge in [-0.15, -0.1) is 10.2 Å². The van der Waals surface area contributed by atoms with Crippen molar-refractivity contribution in [3.63, 3.8) is 0 Å². The molecule has 0 unspecified atom stereocenters. The van der Waals surface area contributed by atoms with Crippen LogP contribution in [-0.2, 0) is 13.5 Å². The number of aromatic amines is 1. The van der Waals surface area contributed by atoms with Gasteiger partial charge in [0.2, 0.25) is 5.82 Å². The highest BCUT2D eigenvalue weighted by atomic mass is 15.6. The average molecular weight is 454 g/mol. The molecule has 0 saturated heterocycles. The topological polar surface area (TPSA) is 123 Å². The van der Waals surface area contributed by atoms with Crippen molar-refractivity contribution in [2.24, 2.45) is 12.8 Å². The summed E-state index contributed by atoms with van der Waals surface area (Å²) in [7, 11) is 1.76. The Morgan fingerprint density at radius 3 is 2.65 bits per heavy atom. The summed E-state index contributed by atoms with van der Waals surface area (Å²) >= 11 is 0. The molecule has 34 heavy (non-hydrogen) atoms. The Morgan fingerprint density at radius 1 is 1.06 bits per heavy atom. The predicted octanol–water partition coefficient (Wildman–Crippen LogP) is 3.57. The lowest BCUT2D eigenvalue weighted by atomic mass is 9.92. The Kier molecular flexibility index (Phi) is 5.18. The number of nitrogens with one attached hydrogen (secondary N) is 2. The van der Waals surface area contributed by atoms with E-state index >= 15 is 0 Å². The van der Waals surface area contributed by atoms with Crippen LogP contribution in [0.5, 0.6) is 0 Å². The zero-order valence-electron chi connectivity index (χ0n) is 19.1. The van der Waals surface area contributed by atoms with Crippen molar-refractivity contribution >= 4 is 27.8 Å². The van der Waals surface area contributed by atoms with Gasteiger partial charge in [0, 0.05) is 35.0 Å². The summed E-state index contributed by atoms with van der Waals surface area (Å²) in [6.07, 6.45) is 4.80. The van der Waals surface area contributed by atoms with Crippen molar-refractivity contribution in [3.8, 4) is 11.4 Å². The minimum atomic E-state index is 0.298. The van der Waals surface area contributed by atoms with E-state index in [1.165, 1.54) is 10.4 Å². The van der Waals surface area contributed by atoms with Gasteiger partial charge >= 0.3 is 0 Å². The second-order valence-corrected chi connectivity index (χ2v) is 9.12. The molecule has 1 fully saturated rings. The minimum absolute atomic E-state index is 0.298. The van der Waals surface area contributed by atoms with E-state index < -0.39 is 0 Å². The standard InChI is InChI=1S/C25H27N9/c1-34-32-23(31-33-34)16-7-12-20-19(14-16)22-24(27-18-10-8-17(26)9-11-18)29-21(30-25(22)28-20)13-15-5-3-2-4-6-15/h2-7,12,14,17-18H,8-11,13,26H2,1H3,(H2,27,28,29,30). The summed E-state index contributed by atoms with van der Waals surface area (Å²) in [6.45, 7) is 0. The molecule has 0 amide bonds. The number of fused-ring (bicyclic) bond motifs is 3. The van der Waals surface area contributed by atoms with Gasteiger partial charge < -0.3 is 16.0 Å². The summed E-state index contributed by atoms with van der Waals surface area (Å²) in [6, 6.07) is 17.1. The molecular formula is C25H27N9. The van der Waals surface area contributed by atoms with Crippen molar-refractivity contribution in [2.45, 2.75) is 44.2 Å². The van der Waals surface area contributed by atoms with Crippen LogP contribution in [0.3, 0.4) is 0 Å². The molecule has 9 heteroatoms. The number of tetrazole rings is 1. The first-order chi connectivity index (χ1) is 16.6. The van der Waals surface area contributed by atoms with Crippen LogP contribution in [-0.4, -0.2) is 47.2 Å². The number of anilines is 1.